The van der Waals surface area contributed by atoms with Crippen molar-refractivity contribution in [2.45, 2.75) is 6.42 Å². The summed E-state index contributed by atoms with van der Waals surface area (Å²) >= 11 is 3.31. The minimum Gasteiger partial charge on any atom is -0.481 e. The molecule has 0 amide bonds. The van der Waals surface area contributed by atoms with Crippen LogP contribution in [0.4, 0.5) is 0 Å². The maximum Gasteiger partial charge on any atom is 0.309 e. The molecule has 84 valence electrons. The van der Waals surface area contributed by atoms with E-state index < -0.39 is 5.97 Å². The van der Waals surface area contributed by atoms with Crippen LogP contribution in [0.3, 0.4) is 0 Å². The van der Waals surface area contributed by atoms with Crippen molar-refractivity contribution in [1.82, 2.24) is 9.55 Å². The fourth-order valence-corrected chi connectivity index (χ4v) is 1.81. The van der Waals surface area contributed by atoms with Crippen LogP contribution in [0.5, 0.6) is 0 Å². The number of hydrogen-bond acceptors (Lipinski definition) is 3. The molecule has 2 aromatic heterocycles. The quantitative estimate of drug-likeness (QED) is 0.937. The van der Waals surface area contributed by atoms with Crippen LogP contribution in [0.1, 0.15) is 5.69 Å². The molecular formula is C10H9BrN2O3. The average molecular weight is 285 g/mol. The molecule has 0 aliphatic heterocycles. The van der Waals surface area contributed by atoms with E-state index in [0.29, 0.717) is 21.9 Å². The molecule has 0 saturated carbocycles. The Labute approximate surface area is 99.8 Å². The topological polar surface area (TPSA) is 68.3 Å². The Balaban J connectivity index is 2.45. The van der Waals surface area contributed by atoms with Crippen LogP contribution in [0.2, 0.25) is 0 Å². The molecule has 0 radical (unpaired) electrons. The molecular weight excluding hydrogens is 276 g/mol. The lowest BCUT2D eigenvalue weighted by Gasteiger charge is -1.97. The van der Waals surface area contributed by atoms with Crippen molar-refractivity contribution >= 4 is 21.9 Å². The maximum atomic E-state index is 10.6. The first kappa shape index (κ1) is 10.9. The molecule has 2 heterocycles. The maximum absolute atomic E-state index is 10.6. The fraction of sp³-hybridized carbons (Fsp3) is 0.200. The van der Waals surface area contributed by atoms with Gasteiger partial charge in [-0.1, -0.05) is 0 Å². The van der Waals surface area contributed by atoms with E-state index in [1.165, 1.54) is 0 Å². The van der Waals surface area contributed by atoms with Gasteiger partial charge < -0.3 is 14.1 Å². The summed E-state index contributed by atoms with van der Waals surface area (Å²) in [6.45, 7) is 0. The van der Waals surface area contributed by atoms with Gasteiger partial charge in [-0.3, -0.25) is 4.79 Å². The molecule has 0 aliphatic carbocycles. The van der Waals surface area contributed by atoms with E-state index in [1.54, 1.807) is 30.0 Å². The highest BCUT2D eigenvalue weighted by Crippen LogP contribution is 2.25. The summed E-state index contributed by atoms with van der Waals surface area (Å²) in [5.74, 6) is 0.303. The van der Waals surface area contributed by atoms with Crippen LogP contribution >= 0.6 is 15.9 Å². The lowest BCUT2D eigenvalue weighted by Crippen LogP contribution is -2.01. The Hall–Kier alpha value is -1.56. The van der Waals surface area contributed by atoms with Gasteiger partial charge >= 0.3 is 5.97 Å². The summed E-state index contributed by atoms with van der Waals surface area (Å²) in [7, 11) is 1.79. The van der Waals surface area contributed by atoms with Crippen molar-refractivity contribution in [2.75, 3.05) is 0 Å². The van der Waals surface area contributed by atoms with Crippen molar-refractivity contribution < 1.29 is 14.3 Å². The number of aliphatic carboxylic acids is 1. The third-order valence-electron chi connectivity index (χ3n) is 2.15. The number of nitrogens with zero attached hydrogens (tertiary/aromatic N) is 2. The molecule has 0 saturated heterocycles. The van der Waals surface area contributed by atoms with E-state index in [2.05, 4.69) is 20.9 Å². The van der Waals surface area contributed by atoms with E-state index in [9.17, 15) is 4.79 Å². The fourth-order valence-electron chi connectivity index (χ4n) is 1.42. The summed E-state index contributed by atoms with van der Waals surface area (Å²) in [6, 6.07) is 3.54. The molecule has 0 aromatic carbocycles. The number of rotatable bonds is 3. The predicted molar refractivity (Wildman–Crippen MR) is 59.9 cm³/mol. The number of imidazole rings is 1. The molecule has 1 N–H and O–H groups in total. The van der Waals surface area contributed by atoms with Crippen LogP contribution in [0.25, 0.3) is 11.6 Å². The minimum absolute atomic E-state index is 0.116. The first-order chi connectivity index (χ1) is 7.59. The molecule has 5 nitrogen and oxygen atoms in total. The number of carboxylic acids is 1. The second-order valence-corrected chi connectivity index (χ2v) is 4.03. The molecule has 0 spiro atoms. The second-order valence-electron chi connectivity index (χ2n) is 3.28. The number of aromatic nitrogens is 2. The molecule has 0 fully saturated rings. The normalized spacial score (nSPS) is 10.6. The van der Waals surface area contributed by atoms with E-state index in [1.807, 2.05) is 0 Å². The highest BCUT2D eigenvalue weighted by atomic mass is 79.9. The van der Waals surface area contributed by atoms with Gasteiger partial charge in [0.25, 0.3) is 0 Å². The monoisotopic (exact) mass is 284 g/mol. The third kappa shape index (κ3) is 1.88. The first-order valence-corrected chi connectivity index (χ1v) is 5.35. The lowest BCUT2D eigenvalue weighted by atomic mass is 10.3. The van der Waals surface area contributed by atoms with Crippen molar-refractivity contribution in [3.8, 4) is 11.6 Å². The Bertz CT molecular complexity index is 516. The summed E-state index contributed by atoms with van der Waals surface area (Å²) in [5, 5.41) is 8.73. The highest BCUT2D eigenvalue weighted by molar-refractivity contribution is 9.10. The van der Waals surface area contributed by atoms with Crippen molar-refractivity contribution in [1.29, 1.82) is 0 Å². The van der Waals surface area contributed by atoms with Crippen LogP contribution in [0, 0.1) is 0 Å². The Morgan fingerprint density at radius 1 is 1.69 bits per heavy atom. The van der Waals surface area contributed by atoms with Crippen molar-refractivity contribution in [3.05, 3.63) is 28.7 Å². The lowest BCUT2D eigenvalue weighted by molar-refractivity contribution is -0.136. The summed E-state index contributed by atoms with van der Waals surface area (Å²) in [4.78, 5) is 14.9. The molecule has 6 heteroatoms. The van der Waals surface area contributed by atoms with Gasteiger partial charge in [-0.15, -0.1) is 0 Å². The van der Waals surface area contributed by atoms with E-state index >= 15 is 0 Å². The third-order valence-corrected chi connectivity index (χ3v) is 3.14. The van der Waals surface area contributed by atoms with Crippen molar-refractivity contribution in [3.63, 3.8) is 0 Å². The van der Waals surface area contributed by atoms with Gasteiger partial charge in [0, 0.05) is 7.05 Å². The van der Waals surface area contributed by atoms with Gasteiger partial charge in [0.1, 0.15) is 4.60 Å². The van der Waals surface area contributed by atoms with E-state index in [-0.39, 0.29) is 6.42 Å². The van der Waals surface area contributed by atoms with E-state index in [0.717, 1.165) is 0 Å². The van der Waals surface area contributed by atoms with Gasteiger partial charge in [0.05, 0.1) is 18.4 Å². The largest absolute Gasteiger partial charge is 0.481 e. The number of furan rings is 1. The average Bonchev–Trinajstić information content (AvgIpc) is 2.81. The molecule has 2 aromatic rings. The summed E-state index contributed by atoms with van der Waals surface area (Å²) in [5.41, 5.74) is 0.487. The van der Waals surface area contributed by atoms with Crippen LogP contribution < -0.4 is 0 Å². The zero-order valence-electron chi connectivity index (χ0n) is 8.48. The number of hydrogen-bond donors (Lipinski definition) is 1. The minimum atomic E-state index is -0.912. The number of carboxylic acid groups (broad SMARTS) is 1. The zero-order valence-corrected chi connectivity index (χ0v) is 10.1. The standard InChI is InChI=1S/C10H9BrN2O3/c1-13-9(11)6(5-8(14)15)12-10(13)7-3-2-4-16-7/h2-4H,5H2,1H3,(H,14,15). The van der Waals surface area contributed by atoms with Gasteiger partial charge in [0.15, 0.2) is 11.6 Å². The summed E-state index contributed by atoms with van der Waals surface area (Å²) < 4.78 is 7.62. The van der Waals surface area contributed by atoms with E-state index in [4.69, 9.17) is 9.52 Å². The Morgan fingerprint density at radius 2 is 2.44 bits per heavy atom. The smallest absolute Gasteiger partial charge is 0.309 e. The second kappa shape index (κ2) is 4.13. The number of carbonyl (C=O) groups is 1. The molecule has 16 heavy (non-hydrogen) atoms. The van der Waals surface area contributed by atoms with Crippen molar-refractivity contribution in [2.24, 2.45) is 7.05 Å². The molecule has 0 atom stereocenters. The van der Waals surface area contributed by atoms with Gasteiger partial charge in [0.2, 0.25) is 0 Å². The predicted octanol–water partition coefficient (Wildman–Crippen LogP) is 2.07. The van der Waals surface area contributed by atoms with Crippen LogP contribution in [0.15, 0.2) is 27.4 Å². The SMILES string of the molecule is Cn1c(-c2ccco2)nc(CC(=O)O)c1Br. The highest BCUT2D eigenvalue weighted by Gasteiger charge is 2.17. The molecule has 0 unspecified atom stereocenters. The van der Waals surface area contributed by atoms with Gasteiger partial charge in [-0.05, 0) is 28.1 Å². The van der Waals surface area contributed by atoms with Crippen LogP contribution in [-0.4, -0.2) is 20.6 Å². The number of halogens is 1. The summed E-state index contributed by atoms with van der Waals surface area (Å²) in [6.07, 6.45) is 1.43. The Morgan fingerprint density at radius 3 is 3.00 bits per heavy atom. The Kier molecular flexibility index (Phi) is 2.82. The van der Waals surface area contributed by atoms with Crippen LogP contribution in [-0.2, 0) is 18.3 Å². The first-order valence-electron chi connectivity index (χ1n) is 4.56. The van der Waals surface area contributed by atoms with Gasteiger partial charge in [-0.2, -0.15) is 0 Å². The molecule has 0 aliphatic rings. The van der Waals surface area contributed by atoms with Gasteiger partial charge in [-0.25, -0.2) is 4.98 Å². The molecule has 0 bridgehead atoms. The zero-order chi connectivity index (χ0) is 11.7. The molecule has 2 rings (SSSR count).